The van der Waals surface area contributed by atoms with Crippen molar-refractivity contribution in [1.29, 1.82) is 0 Å². The van der Waals surface area contributed by atoms with Gasteiger partial charge >= 0.3 is 5.97 Å². The second kappa shape index (κ2) is 6.71. The molecule has 0 spiro atoms. The van der Waals surface area contributed by atoms with Gasteiger partial charge in [0.2, 0.25) is 0 Å². The van der Waals surface area contributed by atoms with E-state index in [0.717, 1.165) is 11.1 Å². The summed E-state index contributed by atoms with van der Waals surface area (Å²) in [4.78, 5) is 10.8. The summed E-state index contributed by atoms with van der Waals surface area (Å²) in [6.45, 7) is 5.44. The standard InChI is InChI=1S/C18H20FNO2/c1-18(2,15-4-3-5-16(19)10-15)12-20-11-13-6-8-14(9-7-13)17(21)22/h3-10,20H,11-12H2,1-2H3,(H,21,22). The molecule has 2 aromatic carbocycles. The summed E-state index contributed by atoms with van der Waals surface area (Å²) >= 11 is 0. The van der Waals surface area contributed by atoms with Gasteiger partial charge in [0, 0.05) is 18.5 Å². The fourth-order valence-electron chi connectivity index (χ4n) is 2.30. The number of rotatable bonds is 6. The first-order valence-electron chi connectivity index (χ1n) is 7.17. The minimum absolute atomic E-state index is 0.191. The van der Waals surface area contributed by atoms with Crippen molar-refractivity contribution in [3.05, 3.63) is 71.0 Å². The van der Waals surface area contributed by atoms with Crippen LogP contribution < -0.4 is 5.32 Å². The molecule has 0 amide bonds. The van der Waals surface area contributed by atoms with Crippen molar-refractivity contribution >= 4 is 5.97 Å². The molecule has 0 radical (unpaired) electrons. The maximum atomic E-state index is 13.3. The lowest BCUT2D eigenvalue weighted by Gasteiger charge is -2.26. The summed E-state index contributed by atoms with van der Waals surface area (Å²) in [5.41, 5.74) is 2.05. The molecular weight excluding hydrogens is 281 g/mol. The van der Waals surface area contributed by atoms with E-state index >= 15 is 0 Å². The number of hydrogen-bond acceptors (Lipinski definition) is 2. The van der Waals surface area contributed by atoms with Crippen LogP contribution in [0.25, 0.3) is 0 Å². The smallest absolute Gasteiger partial charge is 0.335 e. The normalized spacial score (nSPS) is 11.4. The Kier molecular flexibility index (Phi) is 4.93. The molecule has 2 rings (SSSR count). The zero-order valence-electron chi connectivity index (χ0n) is 12.8. The largest absolute Gasteiger partial charge is 0.478 e. The number of halogens is 1. The molecule has 0 saturated heterocycles. The number of benzene rings is 2. The summed E-state index contributed by atoms with van der Waals surface area (Å²) in [6.07, 6.45) is 0. The third kappa shape index (κ3) is 4.15. The van der Waals surface area contributed by atoms with E-state index in [2.05, 4.69) is 19.2 Å². The van der Waals surface area contributed by atoms with Crippen LogP contribution in [-0.4, -0.2) is 17.6 Å². The highest BCUT2D eigenvalue weighted by atomic mass is 19.1. The Balaban J connectivity index is 1.93. The molecule has 0 saturated carbocycles. The maximum Gasteiger partial charge on any atom is 0.335 e. The van der Waals surface area contributed by atoms with Crippen LogP contribution in [0.15, 0.2) is 48.5 Å². The van der Waals surface area contributed by atoms with Gasteiger partial charge < -0.3 is 10.4 Å². The number of carboxylic acids is 1. The lowest BCUT2D eigenvalue weighted by Crippen LogP contribution is -2.32. The van der Waals surface area contributed by atoms with Crippen LogP contribution >= 0.6 is 0 Å². The number of aromatic carboxylic acids is 1. The Bertz CT molecular complexity index is 650. The van der Waals surface area contributed by atoms with Crippen LogP contribution in [0.3, 0.4) is 0 Å². The molecule has 0 unspecified atom stereocenters. The molecule has 0 aliphatic heterocycles. The Labute approximate surface area is 129 Å². The zero-order chi connectivity index (χ0) is 16.2. The van der Waals surface area contributed by atoms with E-state index in [-0.39, 0.29) is 16.8 Å². The van der Waals surface area contributed by atoms with Gasteiger partial charge in [0.05, 0.1) is 5.56 Å². The SMILES string of the molecule is CC(C)(CNCc1ccc(C(=O)O)cc1)c1cccc(F)c1. The van der Waals surface area contributed by atoms with Gasteiger partial charge in [0.1, 0.15) is 5.82 Å². The molecular formula is C18H20FNO2. The van der Waals surface area contributed by atoms with E-state index in [1.807, 2.05) is 6.07 Å². The quantitative estimate of drug-likeness (QED) is 0.857. The van der Waals surface area contributed by atoms with Crippen molar-refractivity contribution in [2.45, 2.75) is 25.8 Å². The van der Waals surface area contributed by atoms with Crippen molar-refractivity contribution in [2.75, 3.05) is 6.54 Å². The Morgan fingerprint density at radius 1 is 1.18 bits per heavy atom. The van der Waals surface area contributed by atoms with Gasteiger partial charge in [-0.2, -0.15) is 0 Å². The predicted octanol–water partition coefficient (Wildman–Crippen LogP) is 3.59. The molecule has 0 heterocycles. The first kappa shape index (κ1) is 16.2. The second-order valence-corrected chi connectivity index (χ2v) is 6.00. The third-order valence-electron chi connectivity index (χ3n) is 3.70. The van der Waals surface area contributed by atoms with E-state index in [4.69, 9.17) is 5.11 Å². The highest BCUT2D eigenvalue weighted by Crippen LogP contribution is 2.23. The van der Waals surface area contributed by atoms with Crippen LogP contribution in [0.1, 0.15) is 35.3 Å². The van der Waals surface area contributed by atoms with Gasteiger partial charge in [-0.25, -0.2) is 9.18 Å². The van der Waals surface area contributed by atoms with Crippen LogP contribution in [0, 0.1) is 5.82 Å². The fourth-order valence-corrected chi connectivity index (χ4v) is 2.30. The molecule has 4 heteroatoms. The summed E-state index contributed by atoms with van der Waals surface area (Å²) in [6, 6.07) is 13.4. The average Bonchev–Trinajstić information content (AvgIpc) is 2.47. The summed E-state index contributed by atoms with van der Waals surface area (Å²) in [5, 5.41) is 12.2. The van der Waals surface area contributed by atoms with E-state index in [0.29, 0.717) is 13.1 Å². The van der Waals surface area contributed by atoms with Crippen LogP contribution in [0.2, 0.25) is 0 Å². The number of carbonyl (C=O) groups is 1. The van der Waals surface area contributed by atoms with Gasteiger partial charge in [-0.15, -0.1) is 0 Å². The van der Waals surface area contributed by atoms with E-state index < -0.39 is 5.97 Å². The summed E-state index contributed by atoms with van der Waals surface area (Å²) < 4.78 is 13.3. The third-order valence-corrected chi connectivity index (χ3v) is 3.70. The minimum Gasteiger partial charge on any atom is -0.478 e. The molecule has 0 atom stereocenters. The van der Waals surface area contributed by atoms with E-state index in [1.54, 1.807) is 36.4 Å². The van der Waals surface area contributed by atoms with Crippen molar-refractivity contribution in [1.82, 2.24) is 5.32 Å². The molecule has 3 nitrogen and oxygen atoms in total. The monoisotopic (exact) mass is 301 g/mol. The number of nitrogens with one attached hydrogen (secondary N) is 1. The Morgan fingerprint density at radius 2 is 1.86 bits per heavy atom. The molecule has 2 N–H and O–H groups in total. The van der Waals surface area contributed by atoms with E-state index in [1.165, 1.54) is 6.07 Å². The number of carboxylic acid groups (broad SMARTS) is 1. The Morgan fingerprint density at radius 3 is 2.45 bits per heavy atom. The van der Waals surface area contributed by atoms with E-state index in [9.17, 15) is 9.18 Å². The molecule has 0 fully saturated rings. The van der Waals surface area contributed by atoms with Crippen molar-refractivity contribution in [2.24, 2.45) is 0 Å². The highest BCUT2D eigenvalue weighted by Gasteiger charge is 2.20. The lowest BCUT2D eigenvalue weighted by atomic mass is 9.84. The topological polar surface area (TPSA) is 49.3 Å². The second-order valence-electron chi connectivity index (χ2n) is 6.00. The zero-order valence-corrected chi connectivity index (χ0v) is 12.8. The lowest BCUT2D eigenvalue weighted by molar-refractivity contribution is 0.0697. The van der Waals surface area contributed by atoms with Gasteiger partial charge in [-0.3, -0.25) is 0 Å². The molecule has 0 aliphatic carbocycles. The molecule has 2 aromatic rings. The summed E-state index contributed by atoms with van der Waals surface area (Å²) in [7, 11) is 0. The average molecular weight is 301 g/mol. The van der Waals surface area contributed by atoms with Crippen LogP contribution in [0.5, 0.6) is 0 Å². The number of hydrogen-bond donors (Lipinski definition) is 2. The predicted molar refractivity (Wildman–Crippen MR) is 84.5 cm³/mol. The molecule has 22 heavy (non-hydrogen) atoms. The van der Waals surface area contributed by atoms with Crippen molar-refractivity contribution in [3.63, 3.8) is 0 Å². The highest BCUT2D eigenvalue weighted by molar-refractivity contribution is 5.87. The van der Waals surface area contributed by atoms with Gasteiger partial charge in [0.15, 0.2) is 0 Å². The first-order valence-corrected chi connectivity index (χ1v) is 7.17. The van der Waals surface area contributed by atoms with Crippen LogP contribution in [0.4, 0.5) is 4.39 Å². The first-order chi connectivity index (χ1) is 10.4. The van der Waals surface area contributed by atoms with Gasteiger partial charge in [-0.1, -0.05) is 38.1 Å². The van der Waals surface area contributed by atoms with Crippen LogP contribution in [-0.2, 0) is 12.0 Å². The maximum absolute atomic E-state index is 13.3. The molecule has 0 aromatic heterocycles. The van der Waals surface area contributed by atoms with Gasteiger partial charge in [0.25, 0.3) is 0 Å². The fraction of sp³-hybridized carbons (Fsp3) is 0.278. The van der Waals surface area contributed by atoms with Crippen molar-refractivity contribution < 1.29 is 14.3 Å². The van der Waals surface area contributed by atoms with Crippen molar-refractivity contribution in [3.8, 4) is 0 Å². The molecule has 116 valence electrons. The van der Waals surface area contributed by atoms with Gasteiger partial charge in [-0.05, 0) is 35.4 Å². The molecule has 0 bridgehead atoms. The minimum atomic E-state index is -0.924. The summed E-state index contributed by atoms with van der Waals surface area (Å²) in [5.74, 6) is -1.15. The Hall–Kier alpha value is -2.20. The molecule has 0 aliphatic rings.